The maximum atomic E-state index is 13.5. The Kier molecular flexibility index (Phi) is 4.61. The molecule has 2 aromatic rings. The maximum absolute atomic E-state index is 13.5. The van der Waals surface area contributed by atoms with Gasteiger partial charge in [-0.25, -0.2) is 4.39 Å². The molecule has 2 aromatic carbocycles. The van der Waals surface area contributed by atoms with E-state index in [4.69, 9.17) is 11.6 Å². The molecule has 19 heavy (non-hydrogen) atoms. The highest BCUT2D eigenvalue weighted by Gasteiger charge is 2.16. The second-order valence-electron chi connectivity index (χ2n) is 4.45. The average Bonchev–Trinajstić information content (AvgIpc) is 2.31. The third-order valence-corrected chi connectivity index (χ3v) is 3.78. The molecule has 1 unspecified atom stereocenters. The highest BCUT2D eigenvalue weighted by atomic mass is 79.9. The Balaban J connectivity index is 2.49. The van der Waals surface area contributed by atoms with Gasteiger partial charge in [0.1, 0.15) is 5.82 Å². The summed E-state index contributed by atoms with van der Waals surface area (Å²) in [6.07, 6.45) is 0. The fraction of sp³-hybridized carbons (Fsp3) is 0.200. The summed E-state index contributed by atoms with van der Waals surface area (Å²) in [6, 6.07) is 10.6. The van der Waals surface area contributed by atoms with E-state index in [0.717, 1.165) is 21.2 Å². The van der Waals surface area contributed by atoms with Crippen LogP contribution in [0.3, 0.4) is 0 Å². The van der Waals surface area contributed by atoms with Gasteiger partial charge >= 0.3 is 0 Å². The monoisotopic (exact) mass is 341 g/mol. The van der Waals surface area contributed by atoms with Crippen molar-refractivity contribution < 1.29 is 4.39 Å². The SMILES string of the molecule is CNC(c1cc(C)cc(F)c1)c1ccc(Br)cc1Cl. The van der Waals surface area contributed by atoms with E-state index < -0.39 is 0 Å². The first kappa shape index (κ1) is 14.5. The highest BCUT2D eigenvalue weighted by molar-refractivity contribution is 9.10. The molecule has 100 valence electrons. The Hall–Kier alpha value is -0.900. The summed E-state index contributed by atoms with van der Waals surface area (Å²) in [5, 5.41) is 3.83. The molecular formula is C15H14BrClFN. The fourth-order valence-corrected chi connectivity index (χ4v) is 2.95. The predicted octanol–water partition coefficient (Wildman–Crippen LogP) is 4.86. The van der Waals surface area contributed by atoms with Crippen LogP contribution in [-0.4, -0.2) is 7.05 Å². The van der Waals surface area contributed by atoms with Crippen molar-refractivity contribution in [3.8, 4) is 0 Å². The lowest BCUT2D eigenvalue weighted by Crippen LogP contribution is -2.18. The molecule has 1 nitrogen and oxygen atoms in total. The number of benzene rings is 2. The van der Waals surface area contributed by atoms with Gasteiger partial charge < -0.3 is 5.32 Å². The second-order valence-corrected chi connectivity index (χ2v) is 5.77. The average molecular weight is 343 g/mol. The van der Waals surface area contributed by atoms with Crippen molar-refractivity contribution >= 4 is 27.5 Å². The molecule has 0 aliphatic heterocycles. The molecule has 0 saturated heterocycles. The Labute approximate surface area is 125 Å². The van der Waals surface area contributed by atoms with Crippen molar-refractivity contribution in [1.82, 2.24) is 5.32 Å². The van der Waals surface area contributed by atoms with Gasteiger partial charge in [-0.1, -0.05) is 39.7 Å². The summed E-state index contributed by atoms with van der Waals surface area (Å²) < 4.78 is 14.5. The first-order valence-electron chi connectivity index (χ1n) is 5.90. The molecule has 1 atom stereocenters. The molecule has 1 N–H and O–H groups in total. The number of nitrogens with one attached hydrogen (secondary N) is 1. The van der Waals surface area contributed by atoms with Crippen LogP contribution in [0.1, 0.15) is 22.7 Å². The van der Waals surface area contributed by atoms with Crippen molar-refractivity contribution in [2.45, 2.75) is 13.0 Å². The van der Waals surface area contributed by atoms with Gasteiger partial charge in [-0.3, -0.25) is 0 Å². The fourth-order valence-electron chi connectivity index (χ4n) is 2.17. The molecule has 0 bridgehead atoms. The van der Waals surface area contributed by atoms with E-state index >= 15 is 0 Å². The summed E-state index contributed by atoms with van der Waals surface area (Å²) in [6.45, 7) is 1.88. The Morgan fingerprint density at radius 1 is 1.21 bits per heavy atom. The third kappa shape index (κ3) is 3.35. The second kappa shape index (κ2) is 6.04. The zero-order chi connectivity index (χ0) is 14.0. The number of aryl methyl sites for hydroxylation is 1. The summed E-state index contributed by atoms with van der Waals surface area (Å²) in [5.41, 5.74) is 2.69. The lowest BCUT2D eigenvalue weighted by Gasteiger charge is -2.19. The van der Waals surface area contributed by atoms with Crippen LogP contribution in [0, 0.1) is 12.7 Å². The molecule has 0 amide bonds. The number of halogens is 3. The standard InChI is InChI=1S/C15H14BrClFN/c1-9-5-10(7-12(18)6-9)15(19-2)13-4-3-11(16)8-14(13)17/h3-8,15,19H,1-2H3. The van der Waals surface area contributed by atoms with Crippen LogP contribution >= 0.6 is 27.5 Å². The van der Waals surface area contributed by atoms with Gasteiger partial charge in [-0.2, -0.15) is 0 Å². The smallest absolute Gasteiger partial charge is 0.123 e. The molecule has 0 aliphatic carbocycles. The third-order valence-electron chi connectivity index (χ3n) is 2.96. The first-order chi connectivity index (χ1) is 9.01. The Morgan fingerprint density at radius 3 is 2.53 bits per heavy atom. The molecule has 0 saturated carbocycles. The van der Waals surface area contributed by atoms with E-state index in [1.807, 2.05) is 38.2 Å². The van der Waals surface area contributed by atoms with Crippen LogP contribution in [0.25, 0.3) is 0 Å². The highest BCUT2D eigenvalue weighted by Crippen LogP contribution is 2.31. The van der Waals surface area contributed by atoms with E-state index in [-0.39, 0.29) is 11.9 Å². The van der Waals surface area contributed by atoms with Crippen molar-refractivity contribution in [3.05, 3.63) is 68.4 Å². The van der Waals surface area contributed by atoms with Gasteiger partial charge in [0.2, 0.25) is 0 Å². The van der Waals surface area contributed by atoms with E-state index in [2.05, 4.69) is 21.2 Å². The minimum atomic E-state index is -0.233. The van der Waals surface area contributed by atoms with Crippen LogP contribution in [0.2, 0.25) is 5.02 Å². The van der Waals surface area contributed by atoms with Gasteiger partial charge in [0.05, 0.1) is 6.04 Å². The van der Waals surface area contributed by atoms with E-state index in [9.17, 15) is 4.39 Å². The maximum Gasteiger partial charge on any atom is 0.123 e. The summed E-state index contributed by atoms with van der Waals surface area (Å²) in [7, 11) is 1.84. The summed E-state index contributed by atoms with van der Waals surface area (Å²) >= 11 is 9.65. The first-order valence-corrected chi connectivity index (χ1v) is 7.07. The minimum Gasteiger partial charge on any atom is -0.309 e. The molecule has 0 spiro atoms. The van der Waals surface area contributed by atoms with Gasteiger partial charge in [-0.15, -0.1) is 0 Å². The Bertz CT molecular complexity index is 580. The zero-order valence-electron chi connectivity index (χ0n) is 10.7. The van der Waals surface area contributed by atoms with Crippen LogP contribution in [0.5, 0.6) is 0 Å². The molecule has 0 aliphatic rings. The van der Waals surface area contributed by atoms with Gasteiger partial charge in [0.15, 0.2) is 0 Å². The molecule has 0 fully saturated rings. The lowest BCUT2D eigenvalue weighted by atomic mass is 9.97. The van der Waals surface area contributed by atoms with E-state index in [0.29, 0.717) is 5.02 Å². The van der Waals surface area contributed by atoms with Crippen LogP contribution in [-0.2, 0) is 0 Å². The van der Waals surface area contributed by atoms with Gasteiger partial charge in [0, 0.05) is 9.50 Å². The molecule has 0 heterocycles. The van der Waals surface area contributed by atoms with Crippen molar-refractivity contribution in [1.29, 1.82) is 0 Å². The number of rotatable bonds is 3. The molecular weight excluding hydrogens is 329 g/mol. The van der Waals surface area contributed by atoms with E-state index in [1.54, 1.807) is 0 Å². The van der Waals surface area contributed by atoms with Gasteiger partial charge in [0.25, 0.3) is 0 Å². The van der Waals surface area contributed by atoms with Gasteiger partial charge in [-0.05, 0) is 54.9 Å². The van der Waals surface area contributed by atoms with Crippen molar-refractivity contribution in [3.63, 3.8) is 0 Å². The molecule has 0 radical (unpaired) electrons. The normalized spacial score (nSPS) is 12.5. The summed E-state index contributed by atoms with van der Waals surface area (Å²) in [5.74, 6) is -0.233. The summed E-state index contributed by atoms with van der Waals surface area (Å²) in [4.78, 5) is 0. The minimum absolute atomic E-state index is 0.130. The number of hydrogen-bond acceptors (Lipinski definition) is 1. The van der Waals surface area contributed by atoms with E-state index in [1.165, 1.54) is 12.1 Å². The van der Waals surface area contributed by atoms with Crippen LogP contribution < -0.4 is 5.32 Å². The zero-order valence-corrected chi connectivity index (χ0v) is 13.0. The predicted molar refractivity (Wildman–Crippen MR) is 81.2 cm³/mol. The quantitative estimate of drug-likeness (QED) is 0.840. The van der Waals surface area contributed by atoms with Crippen LogP contribution in [0.4, 0.5) is 4.39 Å². The lowest BCUT2D eigenvalue weighted by molar-refractivity contribution is 0.615. The number of hydrogen-bond donors (Lipinski definition) is 1. The molecule has 4 heteroatoms. The molecule has 0 aromatic heterocycles. The topological polar surface area (TPSA) is 12.0 Å². The van der Waals surface area contributed by atoms with Crippen molar-refractivity contribution in [2.75, 3.05) is 7.05 Å². The largest absolute Gasteiger partial charge is 0.309 e. The molecule has 2 rings (SSSR count). The van der Waals surface area contributed by atoms with Crippen LogP contribution in [0.15, 0.2) is 40.9 Å². The Morgan fingerprint density at radius 2 is 1.95 bits per heavy atom. The van der Waals surface area contributed by atoms with Crippen molar-refractivity contribution in [2.24, 2.45) is 0 Å².